The van der Waals surface area contributed by atoms with E-state index in [4.69, 9.17) is 9.47 Å². The number of alkyl halides is 3. The van der Waals surface area contributed by atoms with E-state index >= 15 is 0 Å². The molecule has 1 atom stereocenters. The molecule has 31 heavy (non-hydrogen) atoms. The second-order valence-electron chi connectivity index (χ2n) is 8.24. The number of halogens is 3. The Labute approximate surface area is 181 Å². The van der Waals surface area contributed by atoms with Gasteiger partial charge in [0.2, 0.25) is 0 Å². The number of hydrogen-bond acceptors (Lipinski definition) is 3. The Morgan fingerprint density at radius 3 is 2.52 bits per heavy atom. The lowest BCUT2D eigenvalue weighted by molar-refractivity contribution is -0.137. The summed E-state index contributed by atoms with van der Waals surface area (Å²) < 4.78 is 50.7. The van der Waals surface area contributed by atoms with Gasteiger partial charge in [0.05, 0.1) is 30.9 Å². The topological polar surface area (TPSA) is 38.8 Å². The van der Waals surface area contributed by atoms with Crippen molar-refractivity contribution in [3.63, 3.8) is 0 Å². The third-order valence-corrected chi connectivity index (χ3v) is 5.61. The van der Waals surface area contributed by atoms with Gasteiger partial charge in [-0.1, -0.05) is 26.0 Å². The fraction of sp³-hybridized carbons (Fsp3) is 0.458. The number of carbonyl (C=O) groups excluding carboxylic acids is 1. The lowest BCUT2D eigenvalue weighted by Gasteiger charge is -2.35. The highest BCUT2D eigenvalue weighted by atomic mass is 19.4. The zero-order chi connectivity index (χ0) is 22.8. The average Bonchev–Trinajstić information content (AvgIpc) is 2.72. The fourth-order valence-electron chi connectivity index (χ4n) is 3.73. The zero-order valence-corrected chi connectivity index (χ0v) is 18.3. The van der Waals surface area contributed by atoms with Crippen LogP contribution in [0.4, 0.5) is 13.2 Å². The van der Waals surface area contributed by atoms with E-state index in [1.165, 1.54) is 6.07 Å². The van der Waals surface area contributed by atoms with Crippen molar-refractivity contribution >= 4 is 5.91 Å². The number of methoxy groups -OCH3 is 1. The molecule has 168 valence electrons. The Hall–Kier alpha value is -2.70. The molecule has 3 rings (SSSR count). The van der Waals surface area contributed by atoms with Crippen LogP contribution in [0.3, 0.4) is 0 Å². The maximum Gasteiger partial charge on any atom is 0.416 e. The Morgan fingerprint density at radius 1 is 1.13 bits per heavy atom. The van der Waals surface area contributed by atoms with Gasteiger partial charge in [-0.05, 0) is 55.0 Å². The van der Waals surface area contributed by atoms with E-state index in [0.29, 0.717) is 48.1 Å². The Bertz CT molecular complexity index is 940. The first-order valence-corrected chi connectivity index (χ1v) is 10.4. The summed E-state index contributed by atoms with van der Waals surface area (Å²) in [5.74, 6) is 1.29. The van der Waals surface area contributed by atoms with Gasteiger partial charge in [-0.15, -0.1) is 0 Å². The molecule has 1 aliphatic rings. The summed E-state index contributed by atoms with van der Waals surface area (Å²) in [5, 5.41) is 0. The first kappa shape index (κ1) is 23.0. The molecule has 0 N–H and O–H groups in total. The quantitative estimate of drug-likeness (QED) is 0.544. The highest BCUT2D eigenvalue weighted by Gasteiger charge is 2.34. The monoisotopic (exact) mass is 435 g/mol. The number of hydrogen-bond donors (Lipinski definition) is 0. The summed E-state index contributed by atoms with van der Waals surface area (Å²) in [4.78, 5) is 15.0. The van der Waals surface area contributed by atoms with Crippen molar-refractivity contribution in [3.05, 3.63) is 58.7 Å². The molecule has 2 aromatic carbocycles. The van der Waals surface area contributed by atoms with Crippen LogP contribution >= 0.6 is 0 Å². The summed E-state index contributed by atoms with van der Waals surface area (Å²) >= 11 is 0. The van der Waals surface area contributed by atoms with Crippen molar-refractivity contribution in [2.45, 2.75) is 45.8 Å². The maximum absolute atomic E-state index is 13.4. The van der Waals surface area contributed by atoms with Crippen LogP contribution in [0, 0.1) is 5.92 Å². The first-order chi connectivity index (χ1) is 14.6. The molecule has 0 spiro atoms. The first-order valence-electron chi connectivity index (χ1n) is 10.4. The smallest absolute Gasteiger partial charge is 0.416 e. The molecule has 1 unspecified atom stereocenters. The van der Waals surface area contributed by atoms with Gasteiger partial charge in [-0.2, -0.15) is 13.2 Å². The molecule has 2 aromatic rings. The van der Waals surface area contributed by atoms with Gasteiger partial charge < -0.3 is 14.4 Å². The van der Waals surface area contributed by atoms with Gasteiger partial charge in [0, 0.05) is 12.6 Å². The minimum atomic E-state index is -4.43. The third-order valence-electron chi connectivity index (χ3n) is 5.61. The SMILES string of the molecule is COc1cc2c(c(OCCC(C)C)c1)C(=O)N(C(C)c1cccc(C(F)(F)F)c1)CC2. The predicted octanol–water partition coefficient (Wildman–Crippen LogP) is 5.90. The molecular weight excluding hydrogens is 407 g/mol. The van der Waals surface area contributed by atoms with Crippen LogP contribution in [0.2, 0.25) is 0 Å². The van der Waals surface area contributed by atoms with Gasteiger partial charge in [0.15, 0.2) is 0 Å². The zero-order valence-electron chi connectivity index (χ0n) is 18.3. The van der Waals surface area contributed by atoms with Crippen LogP contribution < -0.4 is 9.47 Å². The van der Waals surface area contributed by atoms with E-state index in [1.54, 1.807) is 31.1 Å². The molecule has 0 aromatic heterocycles. The number of nitrogens with zero attached hydrogens (tertiary/aromatic N) is 1. The van der Waals surface area contributed by atoms with Gasteiger partial charge in [-0.3, -0.25) is 4.79 Å². The lowest BCUT2D eigenvalue weighted by Crippen LogP contribution is -2.39. The van der Waals surface area contributed by atoms with Crippen LogP contribution in [0.25, 0.3) is 0 Å². The van der Waals surface area contributed by atoms with E-state index in [9.17, 15) is 18.0 Å². The number of rotatable bonds is 7. The minimum Gasteiger partial charge on any atom is -0.497 e. The van der Waals surface area contributed by atoms with Crippen LogP contribution in [-0.2, 0) is 12.6 Å². The second-order valence-corrected chi connectivity index (χ2v) is 8.24. The predicted molar refractivity (Wildman–Crippen MR) is 113 cm³/mol. The third kappa shape index (κ3) is 5.14. The Kier molecular flexibility index (Phi) is 6.82. The Balaban J connectivity index is 1.91. The van der Waals surface area contributed by atoms with Crippen molar-refractivity contribution in [2.24, 2.45) is 5.92 Å². The highest BCUT2D eigenvalue weighted by molar-refractivity contribution is 6.00. The van der Waals surface area contributed by atoms with Crippen molar-refractivity contribution < 1.29 is 27.4 Å². The van der Waals surface area contributed by atoms with Crippen LogP contribution in [0.1, 0.15) is 60.3 Å². The molecule has 0 saturated heterocycles. The van der Waals surface area contributed by atoms with E-state index in [1.807, 2.05) is 6.07 Å². The highest BCUT2D eigenvalue weighted by Crippen LogP contribution is 2.37. The van der Waals surface area contributed by atoms with Crippen LogP contribution in [0.5, 0.6) is 11.5 Å². The van der Waals surface area contributed by atoms with Crippen molar-refractivity contribution in [1.29, 1.82) is 0 Å². The van der Waals surface area contributed by atoms with E-state index in [-0.39, 0.29) is 5.91 Å². The maximum atomic E-state index is 13.4. The number of amides is 1. The molecule has 0 radical (unpaired) electrons. The summed E-state index contributed by atoms with van der Waals surface area (Å²) in [7, 11) is 1.56. The van der Waals surface area contributed by atoms with E-state index < -0.39 is 17.8 Å². The molecule has 1 heterocycles. The van der Waals surface area contributed by atoms with E-state index in [0.717, 1.165) is 24.1 Å². The second kappa shape index (κ2) is 9.20. The summed E-state index contributed by atoms with van der Waals surface area (Å²) in [5.41, 5.74) is 1.03. The average molecular weight is 435 g/mol. The van der Waals surface area contributed by atoms with Crippen LogP contribution in [-0.4, -0.2) is 31.1 Å². The summed E-state index contributed by atoms with van der Waals surface area (Å²) in [6.45, 7) is 6.80. The number of benzene rings is 2. The number of carbonyl (C=O) groups is 1. The number of ether oxygens (including phenoxy) is 2. The normalized spacial score (nSPS) is 15.1. The number of fused-ring (bicyclic) bond motifs is 1. The Morgan fingerprint density at radius 2 is 1.87 bits per heavy atom. The summed E-state index contributed by atoms with van der Waals surface area (Å²) in [6, 6.07) is 8.18. The molecule has 1 amide bonds. The standard InChI is InChI=1S/C24H28F3NO3/c1-15(2)9-11-31-21-14-20(30-4)13-18-8-10-28(23(29)22(18)21)16(3)17-6-5-7-19(12-17)24(25,26)27/h5-7,12-16H,8-11H2,1-4H3. The molecule has 0 bridgehead atoms. The molecule has 0 fully saturated rings. The van der Waals surface area contributed by atoms with Gasteiger partial charge >= 0.3 is 6.18 Å². The van der Waals surface area contributed by atoms with Crippen LogP contribution in [0.15, 0.2) is 36.4 Å². The van der Waals surface area contributed by atoms with Gasteiger partial charge in [0.1, 0.15) is 11.5 Å². The van der Waals surface area contributed by atoms with Crippen molar-refractivity contribution in [3.8, 4) is 11.5 Å². The van der Waals surface area contributed by atoms with Crippen molar-refractivity contribution in [1.82, 2.24) is 4.90 Å². The molecule has 7 heteroatoms. The molecule has 0 aliphatic carbocycles. The van der Waals surface area contributed by atoms with Crippen molar-refractivity contribution in [2.75, 3.05) is 20.3 Å². The largest absolute Gasteiger partial charge is 0.497 e. The van der Waals surface area contributed by atoms with Gasteiger partial charge in [0.25, 0.3) is 5.91 Å². The van der Waals surface area contributed by atoms with Gasteiger partial charge in [-0.25, -0.2) is 0 Å². The lowest BCUT2D eigenvalue weighted by atomic mass is 9.94. The summed E-state index contributed by atoms with van der Waals surface area (Å²) in [6.07, 6.45) is -3.02. The molecular formula is C24H28F3NO3. The van der Waals surface area contributed by atoms with E-state index in [2.05, 4.69) is 13.8 Å². The molecule has 4 nitrogen and oxygen atoms in total. The molecule has 1 aliphatic heterocycles. The fourth-order valence-corrected chi connectivity index (χ4v) is 3.73. The minimum absolute atomic E-state index is 0.242. The molecule has 0 saturated carbocycles.